The fourth-order valence-electron chi connectivity index (χ4n) is 9.88. The Bertz CT molecular complexity index is 3680. The Labute approximate surface area is 385 Å². The molecule has 11 aromatic carbocycles. The van der Waals surface area contributed by atoms with E-state index >= 15 is 0 Å². The molecule has 310 valence electrons. The molecule has 0 N–H and O–H groups in total. The summed E-state index contributed by atoms with van der Waals surface area (Å²) in [6.45, 7) is 0. The zero-order valence-electron chi connectivity index (χ0n) is 36.3. The van der Waals surface area contributed by atoms with Crippen molar-refractivity contribution < 1.29 is 0 Å². The van der Waals surface area contributed by atoms with Gasteiger partial charge in [-0.2, -0.15) is 0 Å². The van der Waals surface area contributed by atoms with Gasteiger partial charge in [-0.1, -0.05) is 200 Å². The van der Waals surface area contributed by atoms with Gasteiger partial charge < -0.3 is 9.47 Å². The molecule has 0 aliphatic heterocycles. The molecule has 66 heavy (non-hydrogen) atoms. The highest BCUT2D eigenvalue weighted by atomic mass is 15.1. The van der Waals surface area contributed by atoms with Crippen LogP contribution in [0.1, 0.15) is 0 Å². The average molecular weight is 841 g/mol. The summed E-state index contributed by atoms with van der Waals surface area (Å²) >= 11 is 0. The molecule has 0 atom stereocenters. The molecular formula is C64H44N2. The maximum Gasteiger partial charge on any atom is 0.0547 e. The lowest BCUT2D eigenvalue weighted by molar-refractivity contribution is 1.18. The van der Waals surface area contributed by atoms with Gasteiger partial charge in [0.2, 0.25) is 0 Å². The summed E-state index contributed by atoms with van der Waals surface area (Å²) in [5, 5.41) is 4.98. The number of nitrogens with zero attached hydrogens (tertiary/aromatic N) is 2. The molecule has 0 spiro atoms. The molecule has 1 aromatic heterocycles. The van der Waals surface area contributed by atoms with Gasteiger partial charge in [0.1, 0.15) is 0 Å². The van der Waals surface area contributed by atoms with E-state index in [9.17, 15) is 0 Å². The maximum absolute atomic E-state index is 2.41. The van der Waals surface area contributed by atoms with E-state index in [1.165, 1.54) is 77.1 Å². The lowest BCUT2D eigenvalue weighted by Crippen LogP contribution is -2.11. The Hall–Kier alpha value is -8.72. The second-order valence-corrected chi connectivity index (χ2v) is 16.9. The molecule has 0 unspecified atom stereocenters. The van der Waals surface area contributed by atoms with Crippen molar-refractivity contribution in [2.24, 2.45) is 0 Å². The highest BCUT2D eigenvalue weighted by molar-refractivity contribution is 6.16. The van der Waals surface area contributed by atoms with Crippen molar-refractivity contribution in [2.75, 3.05) is 4.90 Å². The van der Waals surface area contributed by atoms with Crippen molar-refractivity contribution in [1.29, 1.82) is 0 Å². The van der Waals surface area contributed by atoms with Crippen LogP contribution in [0.5, 0.6) is 0 Å². The van der Waals surface area contributed by atoms with Crippen LogP contribution in [0.2, 0.25) is 0 Å². The molecule has 12 aromatic rings. The topological polar surface area (TPSA) is 8.17 Å². The summed E-state index contributed by atoms with van der Waals surface area (Å²) in [6, 6.07) is 96.9. The van der Waals surface area contributed by atoms with Crippen LogP contribution in [0.15, 0.2) is 267 Å². The quantitative estimate of drug-likeness (QED) is 0.141. The van der Waals surface area contributed by atoms with Crippen molar-refractivity contribution in [1.82, 2.24) is 4.57 Å². The minimum Gasteiger partial charge on any atom is -0.310 e. The monoisotopic (exact) mass is 840 g/mol. The van der Waals surface area contributed by atoms with E-state index in [2.05, 4.69) is 276 Å². The zero-order chi connectivity index (χ0) is 43.8. The van der Waals surface area contributed by atoms with Gasteiger partial charge in [0.15, 0.2) is 0 Å². The second kappa shape index (κ2) is 16.8. The first-order valence-corrected chi connectivity index (χ1v) is 22.7. The van der Waals surface area contributed by atoms with Gasteiger partial charge in [-0.15, -0.1) is 0 Å². The van der Waals surface area contributed by atoms with Gasteiger partial charge in [-0.25, -0.2) is 0 Å². The lowest BCUT2D eigenvalue weighted by atomic mass is 9.94. The molecule has 2 heteroatoms. The summed E-state index contributed by atoms with van der Waals surface area (Å²) in [5.41, 5.74) is 18.7. The van der Waals surface area contributed by atoms with E-state index < -0.39 is 0 Å². The van der Waals surface area contributed by atoms with Crippen molar-refractivity contribution in [3.63, 3.8) is 0 Å². The Balaban J connectivity index is 0.986. The van der Waals surface area contributed by atoms with Crippen LogP contribution >= 0.6 is 0 Å². The van der Waals surface area contributed by atoms with Gasteiger partial charge in [0.25, 0.3) is 0 Å². The molecule has 0 aliphatic rings. The van der Waals surface area contributed by atoms with Crippen LogP contribution in [0.4, 0.5) is 17.1 Å². The minimum absolute atomic E-state index is 1.08. The molecule has 0 aliphatic carbocycles. The molecule has 0 saturated carbocycles. The Morgan fingerprint density at radius 1 is 0.273 bits per heavy atom. The van der Waals surface area contributed by atoms with E-state index in [-0.39, 0.29) is 0 Å². The number of benzene rings is 11. The molecule has 0 bridgehead atoms. The Morgan fingerprint density at radius 3 is 1.52 bits per heavy atom. The predicted molar refractivity (Wildman–Crippen MR) is 280 cm³/mol. The van der Waals surface area contributed by atoms with E-state index in [1.807, 2.05) is 0 Å². The first kappa shape index (κ1) is 38.9. The van der Waals surface area contributed by atoms with E-state index in [0.717, 1.165) is 33.9 Å². The van der Waals surface area contributed by atoms with Gasteiger partial charge >= 0.3 is 0 Å². The number of aromatic nitrogens is 1. The lowest BCUT2D eigenvalue weighted by Gasteiger charge is -2.28. The summed E-state index contributed by atoms with van der Waals surface area (Å²) in [6.07, 6.45) is 0. The number of fused-ring (bicyclic) bond motifs is 4. The molecule has 1 heterocycles. The fraction of sp³-hybridized carbons (Fsp3) is 0. The SMILES string of the molecule is c1ccc(-c2ccccc2-c2ccc(N(c3ccc(-c4ccc5ccccc5c4)cc3)c3ccccc3-c3cccc(-c4cccc5c4c4ccccc4n5-c4ccccc4)c3)cc2)cc1. The molecule has 2 nitrogen and oxygen atoms in total. The summed E-state index contributed by atoms with van der Waals surface area (Å²) < 4.78 is 2.39. The smallest absolute Gasteiger partial charge is 0.0547 e. The molecule has 0 saturated heterocycles. The average Bonchev–Trinajstić information content (AvgIpc) is 3.74. The van der Waals surface area contributed by atoms with Crippen LogP contribution in [0.3, 0.4) is 0 Å². The van der Waals surface area contributed by atoms with Crippen molar-refractivity contribution in [3.8, 4) is 61.3 Å². The molecular weight excluding hydrogens is 797 g/mol. The first-order valence-electron chi connectivity index (χ1n) is 22.7. The van der Waals surface area contributed by atoms with Crippen molar-refractivity contribution >= 4 is 49.6 Å². The highest BCUT2D eigenvalue weighted by Gasteiger charge is 2.20. The molecule has 12 rings (SSSR count). The van der Waals surface area contributed by atoms with Crippen LogP contribution in [0, 0.1) is 0 Å². The van der Waals surface area contributed by atoms with Gasteiger partial charge in [0, 0.05) is 33.4 Å². The van der Waals surface area contributed by atoms with Crippen LogP contribution in [-0.4, -0.2) is 4.57 Å². The maximum atomic E-state index is 2.41. The third-order valence-electron chi connectivity index (χ3n) is 13.0. The number of hydrogen-bond donors (Lipinski definition) is 0. The summed E-state index contributed by atoms with van der Waals surface area (Å²) in [7, 11) is 0. The number of rotatable bonds is 9. The van der Waals surface area contributed by atoms with E-state index in [4.69, 9.17) is 0 Å². The number of hydrogen-bond acceptors (Lipinski definition) is 1. The van der Waals surface area contributed by atoms with Crippen molar-refractivity contribution in [3.05, 3.63) is 267 Å². The number of anilines is 3. The summed E-state index contributed by atoms with van der Waals surface area (Å²) in [4.78, 5) is 2.41. The first-order chi connectivity index (χ1) is 32.7. The van der Waals surface area contributed by atoms with E-state index in [0.29, 0.717) is 0 Å². The van der Waals surface area contributed by atoms with Crippen LogP contribution in [-0.2, 0) is 0 Å². The molecule has 0 radical (unpaired) electrons. The van der Waals surface area contributed by atoms with Gasteiger partial charge in [-0.05, 0) is 128 Å². The Kier molecular flexibility index (Phi) is 9.89. The molecule has 0 amide bonds. The van der Waals surface area contributed by atoms with Crippen molar-refractivity contribution in [2.45, 2.75) is 0 Å². The standard InChI is InChI=1S/C64H44N2/c1-3-18-47(19-4-1)56-25-9-10-26-57(56)48-37-41-55(42-38-48)65(54-39-35-46(36-40-54)50-34-33-45-17-7-8-20-49(45)43-50)61-30-13-11-27-58(61)51-21-15-22-52(44-51)59-29-16-32-63-64(59)60-28-12-14-31-62(60)66(63)53-23-5-2-6-24-53/h1-44H. The van der Waals surface area contributed by atoms with Gasteiger partial charge in [-0.3, -0.25) is 0 Å². The zero-order valence-corrected chi connectivity index (χ0v) is 36.3. The fourth-order valence-corrected chi connectivity index (χ4v) is 9.88. The van der Waals surface area contributed by atoms with Crippen LogP contribution < -0.4 is 4.90 Å². The van der Waals surface area contributed by atoms with Gasteiger partial charge in [0.05, 0.1) is 16.7 Å². The second-order valence-electron chi connectivity index (χ2n) is 16.9. The summed E-state index contributed by atoms with van der Waals surface area (Å²) in [5.74, 6) is 0. The van der Waals surface area contributed by atoms with Crippen LogP contribution in [0.25, 0.3) is 93.9 Å². The number of para-hydroxylation sites is 3. The third kappa shape index (κ3) is 7.02. The highest BCUT2D eigenvalue weighted by Crippen LogP contribution is 2.45. The Morgan fingerprint density at radius 2 is 0.773 bits per heavy atom. The minimum atomic E-state index is 1.08. The largest absolute Gasteiger partial charge is 0.310 e. The van der Waals surface area contributed by atoms with E-state index in [1.54, 1.807) is 0 Å². The predicted octanol–water partition coefficient (Wildman–Crippen LogP) is 17.7. The third-order valence-corrected chi connectivity index (χ3v) is 13.0. The normalized spacial score (nSPS) is 11.3. The molecule has 0 fully saturated rings.